The van der Waals surface area contributed by atoms with Crippen LogP contribution in [0.5, 0.6) is 11.5 Å². The number of hydrogen-bond acceptors (Lipinski definition) is 3. The predicted octanol–water partition coefficient (Wildman–Crippen LogP) is 4.46. The minimum Gasteiger partial charge on any atom is -0.457 e. The van der Waals surface area contributed by atoms with E-state index in [-0.39, 0.29) is 5.84 Å². The fourth-order valence-corrected chi connectivity index (χ4v) is 2.46. The molecule has 0 saturated carbocycles. The van der Waals surface area contributed by atoms with Gasteiger partial charge in [-0.1, -0.05) is 31.1 Å². The van der Waals surface area contributed by atoms with Crippen LogP contribution in [-0.2, 0) is 0 Å². The van der Waals surface area contributed by atoms with Crippen LogP contribution in [0.2, 0.25) is 0 Å². The van der Waals surface area contributed by atoms with Gasteiger partial charge in [0.05, 0.1) is 0 Å². The molecular weight excluding hydrogens is 332 g/mol. The lowest BCUT2D eigenvalue weighted by atomic mass is 10.0. The second kappa shape index (κ2) is 6.63. The van der Waals surface area contributed by atoms with E-state index in [1.165, 1.54) is 5.56 Å². The molecule has 4 nitrogen and oxygen atoms in total. The Morgan fingerprint density at radius 3 is 2.52 bits per heavy atom. The molecule has 3 N–H and O–H groups in total. The zero-order valence-corrected chi connectivity index (χ0v) is 13.5. The Bertz CT molecular complexity index is 669. The summed E-state index contributed by atoms with van der Waals surface area (Å²) in [5.41, 5.74) is 7.41. The van der Waals surface area contributed by atoms with Gasteiger partial charge in [0, 0.05) is 10.0 Å². The Morgan fingerprint density at radius 2 is 1.90 bits per heavy atom. The van der Waals surface area contributed by atoms with Gasteiger partial charge in [-0.2, -0.15) is 0 Å². The normalized spacial score (nSPS) is 11.7. The fraction of sp³-hybridized carbons (Fsp3) is 0.188. The molecule has 0 fully saturated rings. The second-order valence-corrected chi connectivity index (χ2v) is 5.81. The van der Waals surface area contributed by atoms with Crippen LogP contribution in [-0.4, -0.2) is 11.0 Å². The molecule has 0 saturated heterocycles. The molecule has 0 bridgehead atoms. The monoisotopic (exact) mass is 348 g/mol. The van der Waals surface area contributed by atoms with Gasteiger partial charge in [-0.05, 0) is 57.7 Å². The average Bonchev–Trinajstić information content (AvgIpc) is 2.47. The van der Waals surface area contributed by atoms with Crippen LogP contribution in [0, 0.1) is 0 Å². The minimum atomic E-state index is 0.0511. The molecule has 0 aliphatic rings. The van der Waals surface area contributed by atoms with Crippen molar-refractivity contribution in [1.29, 1.82) is 0 Å². The van der Waals surface area contributed by atoms with E-state index in [9.17, 15) is 0 Å². The van der Waals surface area contributed by atoms with Gasteiger partial charge in [-0.15, -0.1) is 0 Å². The molecule has 0 aromatic heterocycles. The van der Waals surface area contributed by atoms with Crippen molar-refractivity contribution in [2.45, 2.75) is 19.8 Å². The molecule has 0 amide bonds. The Balaban J connectivity index is 2.24. The van der Waals surface area contributed by atoms with Gasteiger partial charge in [0.25, 0.3) is 0 Å². The van der Waals surface area contributed by atoms with Crippen LogP contribution in [0.4, 0.5) is 0 Å². The molecular formula is C16H17BrN2O2. The largest absolute Gasteiger partial charge is 0.457 e. The van der Waals surface area contributed by atoms with E-state index in [1.54, 1.807) is 18.2 Å². The van der Waals surface area contributed by atoms with Crippen molar-refractivity contribution in [2.75, 3.05) is 0 Å². The van der Waals surface area contributed by atoms with Crippen LogP contribution in [0.25, 0.3) is 0 Å². The van der Waals surface area contributed by atoms with E-state index in [0.717, 1.165) is 5.75 Å². The summed E-state index contributed by atoms with van der Waals surface area (Å²) in [6.45, 7) is 4.28. The van der Waals surface area contributed by atoms with Crippen LogP contribution >= 0.6 is 15.9 Å². The molecule has 2 aromatic rings. The van der Waals surface area contributed by atoms with Crippen molar-refractivity contribution in [3.8, 4) is 11.5 Å². The van der Waals surface area contributed by atoms with Crippen LogP contribution in [0.1, 0.15) is 30.9 Å². The summed E-state index contributed by atoms with van der Waals surface area (Å²) in [7, 11) is 0. The maximum absolute atomic E-state index is 8.71. The van der Waals surface area contributed by atoms with E-state index in [2.05, 4.69) is 41.0 Å². The standard InChI is InChI=1S/C16H17BrN2O2/c1-10(2)11-4-3-5-12(8-11)21-13-6-7-14(15(17)9-13)16(18)19-20/h3-10,20H,1-2H3,(H2,18,19). The third-order valence-corrected chi connectivity index (χ3v) is 3.74. The summed E-state index contributed by atoms with van der Waals surface area (Å²) < 4.78 is 6.55. The number of nitrogens with zero attached hydrogens (tertiary/aromatic N) is 1. The van der Waals surface area contributed by atoms with Gasteiger partial charge in [-0.25, -0.2) is 0 Å². The third kappa shape index (κ3) is 3.76. The van der Waals surface area contributed by atoms with Crippen LogP contribution in [0.15, 0.2) is 52.1 Å². The van der Waals surface area contributed by atoms with Gasteiger partial charge in [0.2, 0.25) is 0 Å². The van der Waals surface area contributed by atoms with Crippen LogP contribution in [0.3, 0.4) is 0 Å². The number of oxime groups is 1. The van der Waals surface area contributed by atoms with Crippen molar-refractivity contribution in [3.05, 3.63) is 58.1 Å². The maximum Gasteiger partial charge on any atom is 0.171 e. The molecule has 21 heavy (non-hydrogen) atoms. The number of benzene rings is 2. The lowest BCUT2D eigenvalue weighted by Gasteiger charge is -2.11. The highest BCUT2D eigenvalue weighted by atomic mass is 79.9. The molecule has 5 heteroatoms. The van der Waals surface area contributed by atoms with Crippen LogP contribution < -0.4 is 10.5 Å². The molecule has 0 atom stereocenters. The van der Waals surface area contributed by atoms with Crippen molar-refractivity contribution in [2.24, 2.45) is 10.9 Å². The van der Waals surface area contributed by atoms with Gasteiger partial charge < -0.3 is 15.7 Å². The van der Waals surface area contributed by atoms with E-state index in [4.69, 9.17) is 15.7 Å². The summed E-state index contributed by atoms with van der Waals surface area (Å²) in [4.78, 5) is 0. The zero-order valence-electron chi connectivity index (χ0n) is 11.9. The Kier molecular flexibility index (Phi) is 4.85. The Labute approximate surface area is 132 Å². The van der Waals surface area contributed by atoms with E-state index in [1.807, 2.05) is 18.2 Å². The summed E-state index contributed by atoms with van der Waals surface area (Å²) in [5.74, 6) is 1.96. The van der Waals surface area contributed by atoms with Crippen molar-refractivity contribution in [1.82, 2.24) is 0 Å². The number of hydrogen-bond donors (Lipinski definition) is 2. The summed E-state index contributed by atoms with van der Waals surface area (Å²) in [6, 6.07) is 13.3. The second-order valence-electron chi connectivity index (χ2n) is 4.96. The van der Waals surface area contributed by atoms with Gasteiger partial charge in [-0.3, -0.25) is 0 Å². The third-order valence-electron chi connectivity index (χ3n) is 3.08. The summed E-state index contributed by atoms with van der Waals surface area (Å²) in [6.07, 6.45) is 0. The molecule has 0 unspecified atom stereocenters. The maximum atomic E-state index is 8.71. The zero-order chi connectivity index (χ0) is 15.4. The fourth-order valence-electron chi connectivity index (χ4n) is 1.89. The first-order chi connectivity index (χ1) is 10.0. The number of ether oxygens (including phenoxy) is 1. The molecule has 0 aliphatic carbocycles. The molecule has 0 spiro atoms. The first-order valence-corrected chi connectivity index (χ1v) is 7.36. The van der Waals surface area contributed by atoms with Gasteiger partial charge in [0.15, 0.2) is 5.84 Å². The number of halogens is 1. The van der Waals surface area contributed by atoms with Gasteiger partial charge >= 0.3 is 0 Å². The minimum absolute atomic E-state index is 0.0511. The van der Waals surface area contributed by atoms with Crippen molar-refractivity contribution < 1.29 is 9.94 Å². The highest BCUT2D eigenvalue weighted by Gasteiger charge is 2.08. The highest BCUT2D eigenvalue weighted by molar-refractivity contribution is 9.10. The van der Waals surface area contributed by atoms with Crippen molar-refractivity contribution in [3.63, 3.8) is 0 Å². The molecule has 0 radical (unpaired) electrons. The number of nitrogens with two attached hydrogens (primary N) is 1. The first kappa shape index (κ1) is 15.4. The summed E-state index contributed by atoms with van der Waals surface area (Å²) in [5, 5.41) is 11.7. The predicted molar refractivity (Wildman–Crippen MR) is 87.3 cm³/mol. The smallest absolute Gasteiger partial charge is 0.171 e. The topological polar surface area (TPSA) is 67.8 Å². The molecule has 2 rings (SSSR count). The molecule has 0 heterocycles. The number of rotatable bonds is 4. The lowest BCUT2D eigenvalue weighted by molar-refractivity contribution is 0.318. The molecule has 0 aliphatic heterocycles. The first-order valence-electron chi connectivity index (χ1n) is 6.56. The van der Waals surface area contributed by atoms with Gasteiger partial charge in [0.1, 0.15) is 11.5 Å². The van der Waals surface area contributed by atoms with Crippen molar-refractivity contribution >= 4 is 21.8 Å². The van der Waals surface area contributed by atoms with E-state index < -0.39 is 0 Å². The number of amidine groups is 1. The quantitative estimate of drug-likeness (QED) is 0.371. The van der Waals surface area contributed by atoms with E-state index >= 15 is 0 Å². The molecule has 2 aromatic carbocycles. The molecule has 110 valence electrons. The Morgan fingerprint density at radius 1 is 1.19 bits per heavy atom. The highest BCUT2D eigenvalue weighted by Crippen LogP contribution is 2.28. The SMILES string of the molecule is CC(C)c1cccc(Oc2ccc(/C(N)=N/O)c(Br)c2)c1. The average molecular weight is 349 g/mol. The Hall–Kier alpha value is -2.01. The summed E-state index contributed by atoms with van der Waals surface area (Å²) >= 11 is 3.39. The lowest BCUT2D eigenvalue weighted by Crippen LogP contribution is -2.13. The van der Waals surface area contributed by atoms with E-state index in [0.29, 0.717) is 21.7 Å².